The van der Waals surface area contributed by atoms with E-state index in [1.54, 1.807) is 0 Å². The molecule has 0 radical (unpaired) electrons. The summed E-state index contributed by atoms with van der Waals surface area (Å²) in [6.45, 7) is 7.06. The van der Waals surface area contributed by atoms with Crippen molar-refractivity contribution in [1.82, 2.24) is 4.90 Å². The lowest BCUT2D eigenvalue weighted by atomic mass is 9.87. The number of hydrogen-bond donors (Lipinski definition) is 0. The molecule has 0 aromatic rings. The Hall–Kier alpha value is -0.700. The zero-order valence-corrected chi connectivity index (χ0v) is 10.0. The Morgan fingerprint density at radius 1 is 1.07 bits per heavy atom. The van der Waals surface area contributed by atoms with Crippen molar-refractivity contribution in [2.45, 2.75) is 33.6 Å². The van der Waals surface area contributed by atoms with E-state index >= 15 is 0 Å². The van der Waals surface area contributed by atoms with E-state index in [9.17, 15) is 9.59 Å². The van der Waals surface area contributed by atoms with E-state index in [4.69, 9.17) is 0 Å². The van der Waals surface area contributed by atoms with Crippen LogP contribution in [0.3, 0.4) is 0 Å². The van der Waals surface area contributed by atoms with Crippen molar-refractivity contribution in [1.29, 1.82) is 0 Å². The van der Waals surface area contributed by atoms with Crippen molar-refractivity contribution < 1.29 is 9.59 Å². The van der Waals surface area contributed by atoms with Gasteiger partial charge in [0.1, 0.15) is 12.6 Å². The molecular formula is C11H23NO2. The Kier molecular flexibility index (Phi) is 9.99. The molecule has 0 atom stereocenters. The average molecular weight is 201 g/mol. The molecule has 0 saturated carbocycles. The van der Waals surface area contributed by atoms with E-state index in [-0.39, 0.29) is 5.41 Å². The lowest BCUT2D eigenvalue weighted by molar-refractivity contribution is -0.111. The van der Waals surface area contributed by atoms with E-state index in [2.05, 4.69) is 25.9 Å². The summed E-state index contributed by atoms with van der Waals surface area (Å²) in [4.78, 5) is 22.1. The minimum absolute atomic E-state index is 0.135. The standard InChI is InChI=1S/C7H12O2.C4H11N/c1-7(2,3-5-8)4-6-9;1-4-5(2)3/h5-6H,3-4H2,1-2H3;4H2,1-3H3. The Balaban J connectivity index is 0. The van der Waals surface area contributed by atoms with Gasteiger partial charge in [-0.2, -0.15) is 0 Å². The molecule has 0 heterocycles. The highest BCUT2D eigenvalue weighted by Gasteiger charge is 2.15. The summed E-state index contributed by atoms with van der Waals surface area (Å²) in [6, 6.07) is 0. The van der Waals surface area contributed by atoms with Crippen LogP contribution in [0.4, 0.5) is 0 Å². The second-order valence-electron chi connectivity index (χ2n) is 4.30. The maximum atomic E-state index is 9.98. The molecule has 0 bridgehead atoms. The van der Waals surface area contributed by atoms with Crippen LogP contribution in [0.15, 0.2) is 0 Å². The van der Waals surface area contributed by atoms with Gasteiger partial charge in [0.2, 0.25) is 0 Å². The first-order valence-corrected chi connectivity index (χ1v) is 4.91. The average Bonchev–Trinajstić information content (AvgIpc) is 2.05. The number of rotatable bonds is 5. The Morgan fingerprint density at radius 3 is 1.50 bits per heavy atom. The molecular weight excluding hydrogens is 178 g/mol. The molecule has 0 aromatic heterocycles. The van der Waals surface area contributed by atoms with Crippen LogP contribution < -0.4 is 0 Å². The quantitative estimate of drug-likeness (QED) is 0.636. The number of hydrogen-bond acceptors (Lipinski definition) is 3. The molecule has 0 aliphatic heterocycles. The Labute approximate surface area is 87.5 Å². The zero-order valence-electron chi connectivity index (χ0n) is 10.0. The van der Waals surface area contributed by atoms with Gasteiger partial charge in [0.25, 0.3) is 0 Å². The monoisotopic (exact) mass is 201 g/mol. The molecule has 0 spiro atoms. The first-order valence-electron chi connectivity index (χ1n) is 4.91. The highest BCUT2D eigenvalue weighted by molar-refractivity contribution is 5.55. The van der Waals surface area contributed by atoms with Crippen molar-refractivity contribution in [3.05, 3.63) is 0 Å². The predicted octanol–water partition coefficient (Wildman–Crippen LogP) is 1.76. The Morgan fingerprint density at radius 2 is 1.36 bits per heavy atom. The van der Waals surface area contributed by atoms with Gasteiger partial charge in [0.05, 0.1) is 0 Å². The van der Waals surface area contributed by atoms with Crippen LogP contribution in [0.1, 0.15) is 33.6 Å². The molecule has 0 unspecified atom stereocenters. The molecule has 84 valence electrons. The minimum atomic E-state index is -0.135. The van der Waals surface area contributed by atoms with E-state index in [0.29, 0.717) is 12.8 Å². The number of nitrogens with zero attached hydrogens (tertiary/aromatic N) is 1. The topological polar surface area (TPSA) is 37.4 Å². The fourth-order valence-corrected chi connectivity index (χ4v) is 0.535. The summed E-state index contributed by atoms with van der Waals surface area (Å²) in [5.41, 5.74) is -0.135. The van der Waals surface area contributed by atoms with Crippen LogP contribution in [-0.2, 0) is 9.59 Å². The summed E-state index contributed by atoms with van der Waals surface area (Å²) >= 11 is 0. The summed E-state index contributed by atoms with van der Waals surface area (Å²) in [6.07, 6.45) is 2.63. The fourth-order valence-electron chi connectivity index (χ4n) is 0.535. The third kappa shape index (κ3) is 13.9. The van der Waals surface area contributed by atoms with E-state index in [1.165, 1.54) is 0 Å². The lowest BCUT2D eigenvalue weighted by Crippen LogP contribution is -2.11. The van der Waals surface area contributed by atoms with E-state index in [1.807, 2.05) is 13.8 Å². The predicted molar refractivity (Wildman–Crippen MR) is 59.4 cm³/mol. The largest absolute Gasteiger partial charge is 0.310 e. The minimum Gasteiger partial charge on any atom is -0.310 e. The van der Waals surface area contributed by atoms with Crippen molar-refractivity contribution in [2.75, 3.05) is 20.6 Å². The van der Waals surface area contributed by atoms with Gasteiger partial charge in [-0.3, -0.25) is 0 Å². The van der Waals surface area contributed by atoms with Gasteiger partial charge in [-0.1, -0.05) is 20.8 Å². The maximum Gasteiger partial charge on any atom is 0.120 e. The van der Waals surface area contributed by atoms with Crippen molar-refractivity contribution in [3.8, 4) is 0 Å². The lowest BCUT2D eigenvalue weighted by Gasteiger charge is -2.16. The van der Waals surface area contributed by atoms with Crippen LogP contribution in [0, 0.1) is 5.41 Å². The van der Waals surface area contributed by atoms with E-state index < -0.39 is 0 Å². The fraction of sp³-hybridized carbons (Fsp3) is 0.818. The molecule has 0 aliphatic carbocycles. The molecule has 0 saturated heterocycles. The third-order valence-electron chi connectivity index (χ3n) is 1.90. The van der Waals surface area contributed by atoms with Crippen LogP contribution >= 0.6 is 0 Å². The molecule has 0 fully saturated rings. The van der Waals surface area contributed by atoms with Gasteiger partial charge in [-0.25, -0.2) is 0 Å². The third-order valence-corrected chi connectivity index (χ3v) is 1.90. The zero-order chi connectivity index (χ0) is 11.6. The number of carbonyl (C=O) groups is 2. The maximum absolute atomic E-state index is 9.98. The first kappa shape index (κ1) is 15.8. The van der Waals surface area contributed by atoms with Crippen LogP contribution in [0.5, 0.6) is 0 Å². The van der Waals surface area contributed by atoms with Gasteiger partial charge in [-0.15, -0.1) is 0 Å². The molecule has 3 nitrogen and oxygen atoms in total. The summed E-state index contributed by atoms with van der Waals surface area (Å²) in [5, 5.41) is 0. The van der Waals surface area contributed by atoms with Crippen molar-refractivity contribution >= 4 is 12.6 Å². The van der Waals surface area contributed by atoms with E-state index in [0.717, 1.165) is 19.1 Å². The molecule has 0 rings (SSSR count). The second-order valence-corrected chi connectivity index (χ2v) is 4.30. The van der Waals surface area contributed by atoms with Gasteiger partial charge < -0.3 is 14.5 Å². The molecule has 0 N–H and O–H groups in total. The highest BCUT2D eigenvalue weighted by Crippen LogP contribution is 2.21. The van der Waals surface area contributed by atoms with Crippen LogP contribution in [-0.4, -0.2) is 38.1 Å². The summed E-state index contributed by atoms with van der Waals surface area (Å²) in [5.74, 6) is 0. The number of carbonyl (C=O) groups excluding carboxylic acids is 2. The highest BCUT2D eigenvalue weighted by atomic mass is 16.1. The molecule has 0 aliphatic rings. The summed E-state index contributed by atoms with van der Waals surface area (Å²) in [7, 11) is 4.11. The number of aldehydes is 2. The normalized spacial score (nSPS) is 10.4. The van der Waals surface area contributed by atoms with Gasteiger partial charge in [-0.05, 0) is 26.1 Å². The van der Waals surface area contributed by atoms with Crippen LogP contribution in [0.25, 0.3) is 0 Å². The molecule has 0 aromatic carbocycles. The smallest absolute Gasteiger partial charge is 0.120 e. The van der Waals surface area contributed by atoms with Crippen molar-refractivity contribution in [2.24, 2.45) is 5.41 Å². The van der Waals surface area contributed by atoms with Gasteiger partial charge in [0.15, 0.2) is 0 Å². The second kappa shape index (κ2) is 8.88. The molecule has 0 amide bonds. The Bertz CT molecular complexity index is 141. The first-order chi connectivity index (χ1) is 6.39. The van der Waals surface area contributed by atoms with Crippen molar-refractivity contribution in [3.63, 3.8) is 0 Å². The molecule has 14 heavy (non-hydrogen) atoms. The van der Waals surface area contributed by atoms with Gasteiger partial charge in [0, 0.05) is 12.8 Å². The van der Waals surface area contributed by atoms with Gasteiger partial charge >= 0.3 is 0 Å². The molecule has 3 heteroatoms. The van der Waals surface area contributed by atoms with Crippen LogP contribution in [0.2, 0.25) is 0 Å². The summed E-state index contributed by atoms with van der Waals surface area (Å²) < 4.78 is 0. The SMILES string of the molecule is CC(C)(CC=O)CC=O.CCN(C)C.